The lowest BCUT2D eigenvalue weighted by molar-refractivity contribution is -0.00620. The summed E-state index contributed by atoms with van der Waals surface area (Å²) in [7, 11) is 0. The smallest absolute Gasteiger partial charge is 0.264 e. The molecule has 0 saturated heterocycles. The molecule has 0 aromatic heterocycles. The van der Waals surface area contributed by atoms with Gasteiger partial charge in [0.15, 0.2) is 0 Å². The van der Waals surface area contributed by atoms with E-state index in [1.165, 1.54) is 0 Å². The van der Waals surface area contributed by atoms with Gasteiger partial charge in [-0.15, -0.1) is 0 Å². The maximum Gasteiger partial charge on any atom is 0.264 e. The van der Waals surface area contributed by atoms with E-state index in [9.17, 15) is 8.78 Å². The van der Waals surface area contributed by atoms with E-state index in [0.717, 1.165) is 11.4 Å². The fourth-order valence-electron chi connectivity index (χ4n) is 0.993. The van der Waals surface area contributed by atoms with Crippen molar-refractivity contribution in [3.8, 4) is 0 Å². The summed E-state index contributed by atoms with van der Waals surface area (Å²) in [6, 6.07) is 5.40. The second-order valence-electron chi connectivity index (χ2n) is 2.99. The minimum absolute atomic E-state index is 0.432. The molecule has 1 aromatic rings. The standard InChI is InChI=1S/C9H10BrF2N/c1-9(11,12)8(13)6-3-2-4-7(10)5-6/h2-5,8H,13H2,1H3. The Bertz CT molecular complexity index is 296. The number of hydrogen-bond donors (Lipinski definition) is 1. The SMILES string of the molecule is CC(F)(F)C(N)c1cccc(Br)c1. The molecule has 0 amide bonds. The third-order valence-corrected chi connectivity index (χ3v) is 2.25. The van der Waals surface area contributed by atoms with Gasteiger partial charge in [-0.2, -0.15) is 0 Å². The van der Waals surface area contributed by atoms with E-state index in [2.05, 4.69) is 15.9 Å². The molecule has 0 fully saturated rings. The Balaban J connectivity index is 2.96. The summed E-state index contributed by atoms with van der Waals surface area (Å²) in [6.07, 6.45) is 0. The zero-order chi connectivity index (χ0) is 10.1. The molecule has 1 unspecified atom stereocenters. The number of hydrogen-bond acceptors (Lipinski definition) is 1. The first-order valence-electron chi connectivity index (χ1n) is 3.80. The van der Waals surface area contributed by atoms with Crippen LogP contribution in [0.1, 0.15) is 18.5 Å². The molecule has 13 heavy (non-hydrogen) atoms. The van der Waals surface area contributed by atoms with Gasteiger partial charge in [-0.1, -0.05) is 28.1 Å². The molecule has 0 spiro atoms. The predicted octanol–water partition coefficient (Wildman–Crippen LogP) is 3.10. The molecule has 1 rings (SSSR count). The van der Waals surface area contributed by atoms with Crippen LogP contribution in [0.25, 0.3) is 0 Å². The second kappa shape index (κ2) is 3.72. The van der Waals surface area contributed by atoms with E-state index in [-0.39, 0.29) is 0 Å². The predicted molar refractivity (Wildman–Crippen MR) is 51.7 cm³/mol. The van der Waals surface area contributed by atoms with Crippen molar-refractivity contribution in [1.29, 1.82) is 0 Å². The molecule has 0 saturated carbocycles. The molecule has 0 bridgehead atoms. The normalized spacial score (nSPS) is 14.2. The van der Waals surface area contributed by atoms with Crippen molar-refractivity contribution in [3.63, 3.8) is 0 Å². The summed E-state index contributed by atoms with van der Waals surface area (Å²) in [4.78, 5) is 0. The monoisotopic (exact) mass is 249 g/mol. The molecule has 1 atom stereocenters. The van der Waals surface area contributed by atoms with Crippen LogP contribution in [0.2, 0.25) is 0 Å². The molecular formula is C9H10BrF2N. The van der Waals surface area contributed by atoms with Crippen molar-refractivity contribution >= 4 is 15.9 Å². The van der Waals surface area contributed by atoms with E-state index in [1.807, 2.05) is 0 Å². The summed E-state index contributed by atoms with van der Waals surface area (Å²) in [6.45, 7) is 0.818. The summed E-state index contributed by atoms with van der Waals surface area (Å²) >= 11 is 3.20. The van der Waals surface area contributed by atoms with Gasteiger partial charge in [0.05, 0.1) is 6.04 Å². The number of rotatable bonds is 2. The molecule has 1 aromatic carbocycles. The molecule has 0 radical (unpaired) electrons. The highest BCUT2D eigenvalue weighted by Gasteiger charge is 2.31. The molecular weight excluding hydrogens is 240 g/mol. The summed E-state index contributed by atoms with van der Waals surface area (Å²) in [5.74, 6) is -2.89. The Labute approximate surface area is 84.1 Å². The van der Waals surface area contributed by atoms with E-state index in [0.29, 0.717) is 5.56 Å². The van der Waals surface area contributed by atoms with Crippen LogP contribution in [-0.2, 0) is 0 Å². The van der Waals surface area contributed by atoms with Gasteiger partial charge in [-0.05, 0) is 17.7 Å². The molecule has 72 valence electrons. The van der Waals surface area contributed by atoms with Crippen molar-refractivity contribution in [1.82, 2.24) is 0 Å². The lowest BCUT2D eigenvalue weighted by atomic mass is 10.0. The molecule has 1 nitrogen and oxygen atoms in total. The first-order chi connectivity index (χ1) is 5.91. The number of benzene rings is 1. The van der Waals surface area contributed by atoms with Gasteiger partial charge >= 0.3 is 0 Å². The van der Waals surface area contributed by atoms with Crippen LogP contribution in [0.5, 0.6) is 0 Å². The minimum Gasteiger partial charge on any atom is -0.319 e. The van der Waals surface area contributed by atoms with E-state index >= 15 is 0 Å². The maximum atomic E-state index is 12.8. The summed E-state index contributed by atoms with van der Waals surface area (Å²) in [5.41, 5.74) is 5.80. The third-order valence-electron chi connectivity index (χ3n) is 1.75. The maximum absolute atomic E-state index is 12.8. The van der Waals surface area contributed by atoms with E-state index in [4.69, 9.17) is 5.73 Å². The van der Waals surface area contributed by atoms with Crippen LogP contribution in [0.15, 0.2) is 28.7 Å². The van der Waals surface area contributed by atoms with Gasteiger partial charge in [0.25, 0.3) is 5.92 Å². The average molecular weight is 250 g/mol. The minimum atomic E-state index is -2.89. The van der Waals surface area contributed by atoms with Crippen molar-refractivity contribution in [2.45, 2.75) is 18.9 Å². The Kier molecular flexibility index (Phi) is 3.03. The van der Waals surface area contributed by atoms with Gasteiger partial charge in [-0.25, -0.2) is 8.78 Å². The van der Waals surface area contributed by atoms with Crippen molar-refractivity contribution in [2.24, 2.45) is 5.73 Å². The molecule has 0 aliphatic heterocycles. The quantitative estimate of drug-likeness (QED) is 0.857. The van der Waals surface area contributed by atoms with Crippen LogP contribution >= 0.6 is 15.9 Å². The third kappa shape index (κ3) is 2.74. The molecule has 0 heterocycles. The fraction of sp³-hybridized carbons (Fsp3) is 0.333. The molecule has 2 N–H and O–H groups in total. The van der Waals surface area contributed by atoms with Gasteiger partial charge in [0, 0.05) is 11.4 Å². The van der Waals surface area contributed by atoms with Crippen LogP contribution in [0, 0.1) is 0 Å². The highest BCUT2D eigenvalue weighted by molar-refractivity contribution is 9.10. The number of alkyl halides is 2. The van der Waals surface area contributed by atoms with Gasteiger partial charge in [0.2, 0.25) is 0 Å². The van der Waals surface area contributed by atoms with E-state index < -0.39 is 12.0 Å². The van der Waals surface area contributed by atoms with Crippen LogP contribution < -0.4 is 5.73 Å². The molecule has 0 aliphatic rings. The average Bonchev–Trinajstić information content (AvgIpc) is 2.01. The van der Waals surface area contributed by atoms with Gasteiger partial charge in [0.1, 0.15) is 0 Å². The van der Waals surface area contributed by atoms with Crippen LogP contribution in [-0.4, -0.2) is 5.92 Å². The Hall–Kier alpha value is -0.480. The second-order valence-corrected chi connectivity index (χ2v) is 3.90. The first kappa shape index (κ1) is 10.6. The van der Waals surface area contributed by atoms with Crippen molar-refractivity contribution in [3.05, 3.63) is 34.3 Å². The highest BCUT2D eigenvalue weighted by Crippen LogP contribution is 2.29. The summed E-state index contributed by atoms with van der Waals surface area (Å²) < 4.78 is 26.3. The van der Waals surface area contributed by atoms with Gasteiger partial charge in [-0.3, -0.25) is 0 Å². The summed E-state index contributed by atoms with van der Waals surface area (Å²) in [5, 5.41) is 0. The first-order valence-corrected chi connectivity index (χ1v) is 4.59. The van der Waals surface area contributed by atoms with E-state index in [1.54, 1.807) is 24.3 Å². The fourth-order valence-corrected chi connectivity index (χ4v) is 1.41. The largest absolute Gasteiger partial charge is 0.319 e. The zero-order valence-corrected chi connectivity index (χ0v) is 8.68. The Morgan fingerprint density at radius 1 is 1.46 bits per heavy atom. The lowest BCUT2D eigenvalue weighted by Crippen LogP contribution is -2.29. The topological polar surface area (TPSA) is 26.0 Å². The number of nitrogens with two attached hydrogens (primary N) is 1. The van der Waals surface area contributed by atoms with Crippen molar-refractivity contribution in [2.75, 3.05) is 0 Å². The molecule has 0 aliphatic carbocycles. The zero-order valence-electron chi connectivity index (χ0n) is 7.10. The highest BCUT2D eigenvalue weighted by atomic mass is 79.9. The Morgan fingerprint density at radius 3 is 2.54 bits per heavy atom. The molecule has 4 heteroatoms. The van der Waals surface area contributed by atoms with Crippen LogP contribution in [0.4, 0.5) is 8.78 Å². The lowest BCUT2D eigenvalue weighted by Gasteiger charge is -2.19. The van der Waals surface area contributed by atoms with Gasteiger partial charge < -0.3 is 5.73 Å². The number of halogens is 3. The van der Waals surface area contributed by atoms with Crippen molar-refractivity contribution < 1.29 is 8.78 Å². The van der Waals surface area contributed by atoms with Crippen LogP contribution in [0.3, 0.4) is 0 Å². The Morgan fingerprint density at radius 2 is 2.08 bits per heavy atom.